The standard InChI is InChI=1S/C59H92O29S/c1-24(2)11-10-16-58(8)48-28(62)19-57(7)27-12-13-33-55(4,5)34(15-17-56(33,6)26(27)14-18-59(48,57)54(72)87-58)82-52-46(38(67)32(23-78-52)88-89(73,74)75)86-53-47(85-49-39(68)35(64)29(63)22-77-49)40(69)43(25(3)79-53)83-51-42(71)45(37(66)31(21-61)81-51)84-50-41(70)44(76-9)36(65)30(20-60)80-50/h11-12,25-26,29-53,60-61,63-71H,10,13-23H2,1-9H3,(H,73,74,75). The molecular formula is C59H92O29S. The number of rotatable bonds is 18. The Balaban J connectivity index is 0.909. The van der Waals surface area contributed by atoms with Crippen LogP contribution >= 0.6 is 0 Å². The average molecular weight is 1300 g/mol. The van der Waals surface area contributed by atoms with Crippen LogP contribution in [0, 0.1) is 39.4 Å². The number of esters is 1. The van der Waals surface area contributed by atoms with E-state index in [2.05, 4.69) is 26.0 Å². The number of fused-ring (bicyclic) bond motifs is 4. The number of methoxy groups -OCH3 is 1. The summed E-state index contributed by atoms with van der Waals surface area (Å²) in [5.74, 6) is -0.974. The minimum absolute atomic E-state index is 0.0232. The molecular weight excluding hydrogens is 1200 g/mol. The highest BCUT2D eigenvalue weighted by atomic mass is 32.3. The van der Waals surface area contributed by atoms with E-state index in [1.54, 1.807) is 0 Å². The van der Waals surface area contributed by atoms with E-state index in [0.29, 0.717) is 44.9 Å². The number of cyclic esters (lactones) is 1. The Morgan fingerprint density at radius 3 is 1.90 bits per heavy atom. The van der Waals surface area contributed by atoms with Crippen LogP contribution in [0.3, 0.4) is 0 Å². The van der Waals surface area contributed by atoms with E-state index in [4.69, 9.17) is 61.0 Å². The van der Waals surface area contributed by atoms with Gasteiger partial charge in [0.2, 0.25) is 0 Å². The molecule has 1 spiro atoms. The Morgan fingerprint density at radius 2 is 1.27 bits per heavy atom. The van der Waals surface area contributed by atoms with Crippen molar-refractivity contribution in [1.82, 2.24) is 0 Å². The van der Waals surface area contributed by atoms with Gasteiger partial charge in [-0.15, -0.1) is 0 Å². The van der Waals surface area contributed by atoms with Gasteiger partial charge >= 0.3 is 16.4 Å². The van der Waals surface area contributed by atoms with Crippen molar-refractivity contribution >= 4 is 22.2 Å². The van der Waals surface area contributed by atoms with Crippen molar-refractivity contribution in [2.75, 3.05) is 33.5 Å². The van der Waals surface area contributed by atoms with Gasteiger partial charge in [0.05, 0.1) is 50.0 Å². The SMILES string of the molecule is COC1C(O)C(CO)OC(OC2C(O)C(CO)OC(OC3C(C)OC(OC4C(OC5CCC6(C)C7CCC89C(=O)OC(C)(CCC=C(C)C)C8C(=O)CC9(C)C7=CCC6C5(C)C)OCC(OS(=O)(=O)O)C4O)C(OC4OCC(O)C(O)C4O)C3O)C2O)C1O. The molecule has 12 N–H and O–H groups in total. The van der Waals surface area contributed by atoms with Gasteiger partial charge in [-0.1, -0.05) is 51.0 Å². The van der Waals surface area contributed by atoms with Gasteiger partial charge in [-0.2, -0.15) is 8.42 Å². The van der Waals surface area contributed by atoms with Crippen molar-refractivity contribution in [3.8, 4) is 0 Å². The first-order chi connectivity index (χ1) is 41.7. The highest BCUT2D eigenvalue weighted by Gasteiger charge is 2.79. The number of allylic oxidation sites excluding steroid dienone is 4. The lowest BCUT2D eigenvalue weighted by Gasteiger charge is -2.63. The maximum atomic E-state index is 14.5. The number of ketones is 1. The molecule has 6 saturated heterocycles. The lowest BCUT2D eigenvalue weighted by molar-refractivity contribution is -0.403. The maximum Gasteiger partial charge on any atom is 0.397 e. The summed E-state index contributed by atoms with van der Waals surface area (Å²) < 4.78 is 112. The summed E-state index contributed by atoms with van der Waals surface area (Å²) in [5, 5.41) is 122. The Kier molecular flexibility index (Phi) is 20.3. The van der Waals surface area contributed by atoms with Crippen molar-refractivity contribution < 1.29 is 140 Å². The first-order valence-electron chi connectivity index (χ1n) is 30.8. The molecule has 0 amide bonds. The van der Waals surface area contributed by atoms with Gasteiger partial charge in [0, 0.05) is 18.9 Å². The van der Waals surface area contributed by atoms with E-state index < -0.39 is 212 Å². The van der Waals surface area contributed by atoms with Crippen LogP contribution in [-0.2, 0) is 81.0 Å². The van der Waals surface area contributed by atoms with Gasteiger partial charge in [0.15, 0.2) is 31.5 Å². The van der Waals surface area contributed by atoms with Crippen LogP contribution in [0.2, 0.25) is 0 Å². The monoisotopic (exact) mass is 1300 g/mol. The van der Waals surface area contributed by atoms with Crippen molar-refractivity contribution in [2.24, 2.45) is 39.4 Å². The lowest BCUT2D eigenvalue weighted by atomic mass is 9.41. The molecule has 0 radical (unpaired) electrons. The molecule has 89 heavy (non-hydrogen) atoms. The molecule has 10 rings (SSSR count). The van der Waals surface area contributed by atoms with Gasteiger partial charge in [0.1, 0.15) is 115 Å². The van der Waals surface area contributed by atoms with Crippen LogP contribution in [0.1, 0.15) is 107 Å². The summed E-state index contributed by atoms with van der Waals surface area (Å²) in [7, 11) is -4.11. The average Bonchev–Trinajstić information content (AvgIpc) is 1.55. The van der Waals surface area contributed by atoms with Gasteiger partial charge in [-0.3, -0.25) is 14.1 Å². The van der Waals surface area contributed by atoms with Crippen molar-refractivity contribution in [2.45, 2.75) is 260 Å². The number of hydrogen-bond donors (Lipinski definition) is 12. The summed E-state index contributed by atoms with van der Waals surface area (Å²) in [6, 6.07) is 0. The number of aliphatic hydroxyl groups is 11. The second kappa shape index (κ2) is 26.0. The molecule has 6 aliphatic heterocycles. The summed E-state index contributed by atoms with van der Waals surface area (Å²) >= 11 is 0. The molecule has 0 aromatic rings. The zero-order valence-corrected chi connectivity index (χ0v) is 52.3. The largest absolute Gasteiger partial charge is 0.458 e. The Bertz CT molecular complexity index is 2710. The predicted octanol–water partition coefficient (Wildman–Crippen LogP) is -1.92. The van der Waals surface area contributed by atoms with Crippen LogP contribution in [0.4, 0.5) is 0 Å². The zero-order chi connectivity index (χ0) is 65.0. The first kappa shape index (κ1) is 69.4. The van der Waals surface area contributed by atoms with Crippen LogP contribution in [-0.4, -0.2) is 267 Å². The predicted molar refractivity (Wildman–Crippen MR) is 298 cm³/mol. The molecule has 31 atom stereocenters. The smallest absolute Gasteiger partial charge is 0.397 e. The fourth-order valence-corrected chi connectivity index (χ4v) is 17.6. The Hall–Kier alpha value is -2.39. The maximum absolute atomic E-state index is 14.5. The lowest BCUT2D eigenvalue weighted by Crippen LogP contribution is -2.68. The molecule has 0 bridgehead atoms. The molecule has 508 valence electrons. The summed E-state index contributed by atoms with van der Waals surface area (Å²) in [5.41, 5.74) is -1.61. The van der Waals surface area contributed by atoms with Crippen molar-refractivity contribution in [3.63, 3.8) is 0 Å². The zero-order valence-electron chi connectivity index (χ0n) is 51.4. The molecule has 31 unspecified atom stereocenters. The van der Waals surface area contributed by atoms with E-state index in [9.17, 15) is 78.7 Å². The molecule has 10 aliphatic rings. The van der Waals surface area contributed by atoms with E-state index in [0.717, 1.165) is 18.3 Å². The molecule has 29 nitrogen and oxygen atoms in total. The number of carbonyl (C=O) groups is 2. The van der Waals surface area contributed by atoms with Crippen molar-refractivity contribution in [1.29, 1.82) is 0 Å². The van der Waals surface area contributed by atoms with Crippen LogP contribution < -0.4 is 0 Å². The van der Waals surface area contributed by atoms with Gasteiger partial charge in [-0.05, 0) is 95.3 Å². The van der Waals surface area contributed by atoms with Gasteiger partial charge < -0.3 is 113 Å². The Morgan fingerprint density at radius 1 is 0.674 bits per heavy atom. The number of Topliss-reactive ketones (excluding diaryl/α,β-unsaturated/α-hetero) is 1. The van der Waals surface area contributed by atoms with Gasteiger partial charge in [0.25, 0.3) is 0 Å². The quantitative estimate of drug-likeness (QED) is 0.0404. The summed E-state index contributed by atoms with van der Waals surface area (Å²) in [4.78, 5) is 28.9. The third kappa shape index (κ3) is 12.2. The molecule has 6 heterocycles. The molecule has 0 aromatic carbocycles. The fourth-order valence-electron chi connectivity index (χ4n) is 17.1. The first-order valence-corrected chi connectivity index (χ1v) is 32.2. The highest BCUT2D eigenvalue weighted by molar-refractivity contribution is 7.80. The molecule has 3 saturated carbocycles. The third-order valence-corrected chi connectivity index (χ3v) is 22.2. The van der Waals surface area contributed by atoms with E-state index in [1.165, 1.54) is 6.92 Å². The molecule has 9 fully saturated rings. The van der Waals surface area contributed by atoms with Crippen LogP contribution in [0.25, 0.3) is 0 Å². The fraction of sp³-hybridized carbons (Fsp3) is 0.898. The second-order valence-electron chi connectivity index (χ2n) is 27.7. The Labute approximate surface area is 516 Å². The summed E-state index contributed by atoms with van der Waals surface area (Å²) in [6.07, 6.45) is -33.1. The minimum atomic E-state index is -5.27. The highest BCUT2D eigenvalue weighted by Crippen LogP contribution is 2.75. The number of ether oxygens (including phenoxy) is 12. The number of hydrogen-bond acceptors (Lipinski definition) is 28. The second-order valence-corrected chi connectivity index (χ2v) is 28.7. The van der Waals surface area contributed by atoms with Gasteiger partial charge in [-0.25, -0.2) is 4.18 Å². The van der Waals surface area contributed by atoms with Crippen LogP contribution in [0.15, 0.2) is 23.3 Å². The van der Waals surface area contributed by atoms with Crippen LogP contribution in [0.5, 0.6) is 0 Å². The van der Waals surface area contributed by atoms with E-state index in [1.807, 2.05) is 34.6 Å². The van der Waals surface area contributed by atoms with E-state index in [-0.39, 0.29) is 35.4 Å². The third-order valence-electron chi connectivity index (χ3n) is 21.7. The topological polar surface area (TPSA) is 431 Å². The molecule has 0 aromatic heterocycles. The number of carbonyl (C=O) groups excluding carboxylic acids is 2. The van der Waals surface area contributed by atoms with Crippen molar-refractivity contribution in [3.05, 3.63) is 23.3 Å². The summed E-state index contributed by atoms with van der Waals surface area (Å²) in [6.45, 7) is 12.7. The molecule has 4 aliphatic carbocycles. The van der Waals surface area contributed by atoms with E-state index >= 15 is 0 Å². The minimum Gasteiger partial charge on any atom is -0.458 e. The molecule has 30 heteroatoms. The number of aliphatic hydroxyl groups excluding tert-OH is 11. The normalized spacial score (nSPS) is 50.7.